The molecule has 0 radical (unpaired) electrons. The highest BCUT2D eigenvalue weighted by molar-refractivity contribution is 5.83. The van der Waals surface area contributed by atoms with E-state index in [1.165, 1.54) is 21.9 Å². The zero-order valence-corrected chi connectivity index (χ0v) is 12.1. The molecule has 0 saturated carbocycles. The SMILES string of the molecule is Cc1ccc2cc(C(CO)C3CCNCC3)ccc2c1. The summed E-state index contributed by atoms with van der Waals surface area (Å²) >= 11 is 0. The number of aryl methyl sites for hydroxylation is 1. The fourth-order valence-electron chi connectivity index (χ4n) is 3.39. The Hall–Kier alpha value is -1.38. The van der Waals surface area contributed by atoms with Gasteiger partial charge in [-0.2, -0.15) is 0 Å². The molecular weight excluding hydrogens is 246 g/mol. The largest absolute Gasteiger partial charge is 0.396 e. The zero-order chi connectivity index (χ0) is 13.9. The van der Waals surface area contributed by atoms with Crippen LogP contribution in [0.1, 0.15) is 29.9 Å². The number of aliphatic hydroxyl groups excluding tert-OH is 1. The van der Waals surface area contributed by atoms with E-state index < -0.39 is 0 Å². The molecule has 2 aromatic carbocycles. The highest BCUT2D eigenvalue weighted by Crippen LogP contribution is 2.32. The molecule has 106 valence electrons. The van der Waals surface area contributed by atoms with Crippen LogP contribution in [0.3, 0.4) is 0 Å². The zero-order valence-electron chi connectivity index (χ0n) is 12.1. The third-order valence-corrected chi connectivity index (χ3v) is 4.60. The summed E-state index contributed by atoms with van der Waals surface area (Å²) in [6, 6.07) is 13.2. The summed E-state index contributed by atoms with van der Waals surface area (Å²) in [5.74, 6) is 0.881. The van der Waals surface area contributed by atoms with Gasteiger partial charge in [0.15, 0.2) is 0 Å². The first-order chi connectivity index (χ1) is 9.78. The quantitative estimate of drug-likeness (QED) is 0.896. The van der Waals surface area contributed by atoms with E-state index in [1.807, 2.05) is 0 Å². The average Bonchev–Trinajstić information content (AvgIpc) is 2.49. The van der Waals surface area contributed by atoms with Gasteiger partial charge in [-0.1, -0.05) is 42.0 Å². The minimum atomic E-state index is 0.252. The molecule has 1 aliphatic heterocycles. The predicted molar refractivity (Wildman–Crippen MR) is 84.1 cm³/mol. The third-order valence-electron chi connectivity index (χ3n) is 4.60. The smallest absolute Gasteiger partial charge is 0.0502 e. The second-order valence-corrected chi connectivity index (χ2v) is 5.99. The fraction of sp³-hybridized carbons (Fsp3) is 0.444. The topological polar surface area (TPSA) is 32.3 Å². The second kappa shape index (κ2) is 5.94. The molecule has 3 rings (SSSR count). The maximum absolute atomic E-state index is 9.83. The molecule has 1 unspecified atom stereocenters. The molecule has 1 heterocycles. The minimum absolute atomic E-state index is 0.252. The van der Waals surface area contributed by atoms with Crippen molar-refractivity contribution in [2.24, 2.45) is 5.92 Å². The van der Waals surface area contributed by atoms with Gasteiger partial charge in [0.1, 0.15) is 0 Å². The van der Waals surface area contributed by atoms with Crippen molar-refractivity contribution in [3.05, 3.63) is 47.5 Å². The number of rotatable bonds is 3. The number of nitrogens with one attached hydrogen (secondary N) is 1. The van der Waals surface area contributed by atoms with Crippen molar-refractivity contribution in [2.75, 3.05) is 19.7 Å². The van der Waals surface area contributed by atoms with Crippen LogP contribution < -0.4 is 5.32 Å². The van der Waals surface area contributed by atoms with Crippen LogP contribution in [0, 0.1) is 12.8 Å². The number of fused-ring (bicyclic) bond motifs is 1. The first-order valence-corrected chi connectivity index (χ1v) is 7.60. The Balaban J connectivity index is 1.92. The molecule has 2 heteroatoms. The highest BCUT2D eigenvalue weighted by atomic mass is 16.3. The number of hydrogen-bond acceptors (Lipinski definition) is 2. The lowest BCUT2D eigenvalue weighted by Gasteiger charge is -2.30. The summed E-state index contributed by atoms with van der Waals surface area (Å²) < 4.78 is 0. The van der Waals surface area contributed by atoms with Crippen LogP contribution in [-0.2, 0) is 0 Å². The first kappa shape index (κ1) is 13.6. The average molecular weight is 269 g/mol. The minimum Gasteiger partial charge on any atom is -0.396 e. The molecule has 0 aromatic heterocycles. The molecule has 1 aliphatic rings. The van der Waals surface area contributed by atoms with Gasteiger partial charge in [-0.15, -0.1) is 0 Å². The molecule has 1 atom stereocenters. The fourth-order valence-corrected chi connectivity index (χ4v) is 3.39. The van der Waals surface area contributed by atoms with Crippen LogP contribution in [0.5, 0.6) is 0 Å². The first-order valence-electron chi connectivity index (χ1n) is 7.60. The van der Waals surface area contributed by atoms with Gasteiger partial charge in [-0.3, -0.25) is 0 Å². The lowest BCUT2D eigenvalue weighted by molar-refractivity contribution is 0.201. The van der Waals surface area contributed by atoms with Gasteiger partial charge >= 0.3 is 0 Å². The lowest BCUT2D eigenvalue weighted by Crippen LogP contribution is -2.32. The van der Waals surface area contributed by atoms with Gasteiger partial charge in [0.2, 0.25) is 0 Å². The monoisotopic (exact) mass is 269 g/mol. The maximum atomic E-state index is 9.83. The van der Waals surface area contributed by atoms with E-state index in [-0.39, 0.29) is 12.5 Å². The van der Waals surface area contributed by atoms with Crippen LogP contribution in [0.15, 0.2) is 36.4 Å². The molecule has 2 aromatic rings. The maximum Gasteiger partial charge on any atom is 0.0502 e. The Labute approximate surface area is 120 Å². The standard InChI is InChI=1S/C18H23NO/c1-13-2-3-16-11-17(5-4-15(16)10-13)18(12-20)14-6-8-19-9-7-14/h2-5,10-11,14,18-20H,6-9,12H2,1H3. The highest BCUT2D eigenvalue weighted by Gasteiger charge is 2.24. The summed E-state index contributed by atoms with van der Waals surface area (Å²) in [5.41, 5.74) is 2.58. The molecule has 20 heavy (non-hydrogen) atoms. The van der Waals surface area contributed by atoms with E-state index in [0.29, 0.717) is 5.92 Å². The second-order valence-electron chi connectivity index (χ2n) is 5.99. The van der Waals surface area contributed by atoms with Crippen LogP contribution in [-0.4, -0.2) is 24.8 Å². The van der Waals surface area contributed by atoms with Gasteiger partial charge in [-0.05, 0) is 55.1 Å². The van der Waals surface area contributed by atoms with Gasteiger partial charge in [0, 0.05) is 5.92 Å². The van der Waals surface area contributed by atoms with E-state index in [4.69, 9.17) is 0 Å². The Morgan fingerprint density at radius 1 is 1.10 bits per heavy atom. The van der Waals surface area contributed by atoms with Crippen molar-refractivity contribution in [3.63, 3.8) is 0 Å². The number of aliphatic hydroxyl groups is 1. The van der Waals surface area contributed by atoms with Crippen LogP contribution >= 0.6 is 0 Å². The summed E-state index contributed by atoms with van der Waals surface area (Å²) in [4.78, 5) is 0. The number of piperidine rings is 1. The molecule has 1 saturated heterocycles. The Morgan fingerprint density at radius 2 is 1.80 bits per heavy atom. The lowest BCUT2D eigenvalue weighted by atomic mass is 9.80. The van der Waals surface area contributed by atoms with E-state index in [9.17, 15) is 5.11 Å². The van der Waals surface area contributed by atoms with Gasteiger partial charge < -0.3 is 10.4 Å². The summed E-state index contributed by atoms with van der Waals surface area (Å²) in [6.45, 7) is 4.53. The van der Waals surface area contributed by atoms with Crippen molar-refractivity contribution in [1.82, 2.24) is 5.32 Å². The third kappa shape index (κ3) is 2.72. The Bertz CT molecular complexity index is 587. The predicted octanol–water partition coefficient (Wildman–Crippen LogP) is 3.22. The van der Waals surface area contributed by atoms with Gasteiger partial charge in [0.05, 0.1) is 6.61 Å². The number of hydrogen-bond donors (Lipinski definition) is 2. The normalized spacial score (nSPS) is 18.3. The molecule has 0 spiro atoms. The Kier molecular flexibility index (Phi) is 4.04. The molecule has 0 amide bonds. The van der Waals surface area contributed by atoms with Crippen molar-refractivity contribution in [3.8, 4) is 0 Å². The Morgan fingerprint density at radius 3 is 2.55 bits per heavy atom. The van der Waals surface area contributed by atoms with Crippen LogP contribution in [0.2, 0.25) is 0 Å². The van der Waals surface area contributed by atoms with Gasteiger partial charge in [0.25, 0.3) is 0 Å². The molecule has 2 nitrogen and oxygen atoms in total. The van der Waals surface area contributed by atoms with Crippen molar-refractivity contribution < 1.29 is 5.11 Å². The van der Waals surface area contributed by atoms with E-state index in [2.05, 4.69) is 48.6 Å². The summed E-state index contributed by atoms with van der Waals surface area (Å²) in [7, 11) is 0. The van der Waals surface area contributed by atoms with E-state index >= 15 is 0 Å². The van der Waals surface area contributed by atoms with Gasteiger partial charge in [-0.25, -0.2) is 0 Å². The molecule has 1 fully saturated rings. The molecule has 2 N–H and O–H groups in total. The van der Waals surface area contributed by atoms with E-state index in [1.54, 1.807) is 0 Å². The van der Waals surface area contributed by atoms with Crippen molar-refractivity contribution in [2.45, 2.75) is 25.7 Å². The van der Waals surface area contributed by atoms with Crippen molar-refractivity contribution in [1.29, 1.82) is 0 Å². The molecule has 0 aliphatic carbocycles. The molecular formula is C18H23NO. The van der Waals surface area contributed by atoms with E-state index in [0.717, 1.165) is 25.9 Å². The van der Waals surface area contributed by atoms with Crippen LogP contribution in [0.25, 0.3) is 10.8 Å². The molecule has 0 bridgehead atoms. The summed E-state index contributed by atoms with van der Waals surface area (Å²) in [5, 5.41) is 15.8. The van der Waals surface area contributed by atoms with Crippen molar-refractivity contribution >= 4 is 10.8 Å². The van der Waals surface area contributed by atoms with Crippen LogP contribution in [0.4, 0.5) is 0 Å². The summed E-state index contributed by atoms with van der Waals surface area (Å²) in [6.07, 6.45) is 2.33. The number of benzene rings is 2.